The molecule has 1 aromatic carbocycles. The highest BCUT2D eigenvalue weighted by Crippen LogP contribution is 2.08. The average Bonchev–Trinajstić information content (AvgIpc) is 2.49. The van der Waals surface area contributed by atoms with E-state index in [9.17, 15) is 13.2 Å². The van der Waals surface area contributed by atoms with Gasteiger partial charge in [0.25, 0.3) is 10.1 Å². The molecule has 0 atom stereocenters. The number of benzene rings is 1. The smallest absolute Gasteiger partial charge is 0.407 e. The van der Waals surface area contributed by atoms with E-state index in [0.29, 0.717) is 13.2 Å². The summed E-state index contributed by atoms with van der Waals surface area (Å²) in [6, 6.07) is 5.99. The van der Waals surface area contributed by atoms with Crippen molar-refractivity contribution < 1.29 is 22.5 Å². The third-order valence-electron chi connectivity index (χ3n) is 2.81. The molecule has 0 bridgehead atoms. The number of amides is 1. The molecule has 0 unspecified atom stereocenters. The van der Waals surface area contributed by atoms with Crippen LogP contribution in [0.3, 0.4) is 0 Å². The van der Waals surface area contributed by atoms with Crippen LogP contribution in [-0.4, -0.2) is 57.8 Å². The first-order chi connectivity index (χ1) is 11.2. The molecular weight excluding hydrogens is 332 g/mol. The van der Waals surface area contributed by atoms with Crippen LogP contribution in [-0.2, 0) is 14.9 Å². The molecule has 138 valence electrons. The van der Waals surface area contributed by atoms with Crippen molar-refractivity contribution in [1.82, 2.24) is 10.2 Å². The number of aryl methyl sites for hydroxylation is 1. The van der Waals surface area contributed by atoms with Gasteiger partial charge in [-0.3, -0.25) is 4.55 Å². The molecule has 1 aromatic rings. The number of carbonyl (C=O) groups is 1. The Balaban J connectivity index is 0.000000446. The maximum absolute atomic E-state index is 10.9. The molecule has 0 saturated carbocycles. The minimum Gasteiger partial charge on any atom is -0.450 e. The van der Waals surface area contributed by atoms with Crippen LogP contribution in [0.15, 0.2) is 29.2 Å². The Bertz CT molecular complexity index is 571. The molecule has 1 rings (SSSR count). The van der Waals surface area contributed by atoms with Gasteiger partial charge >= 0.3 is 6.09 Å². The van der Waals surface area contributed by atoms with E-state index in [-0.39, 0.29) is 11.0 Å². The van der Waals surface area contributed by atoms with Crippen LogP contribution in [0.1, 0.15) is 25.3 Å². The van der Waals surface area contributed by atoms with Crippen LogP contribution in [0.5, 0.6) is 0 Å². The van der Waals surface area contributed by atoms with Gasteiger partial charge in [0.2, 0.25) is 0 Å². The molecule has 24 heavy (non-hydrogen) atoms. The van der Waals surface area contributed by atoms with Crippen molar-refractivity contribution in [1.29, 1.82) is 0 Å². The third kappa shape index (κ3) is 11.9. The normalized spacial score (nSPS) is 10.8. The first kappa shape index (κ1) is 22.4. The van der Waals surface area contributed by atoms with Gasteiger partial charge in [0, 0.05) is 6.54 Å². The summed E-state index contributed by atoms with van der Waals surface area (Å²) in [5.41, 5.74) is 0.956. The predicted octanol–water partition coefficient (Wildman–Crippen LogP) is 2.32. The van der Waals surface area contributed by atoms with Gasteiger partial charge in [-0.15, -0.1) is 0 Å². The summed E-state index contributed by atoms with van der Waals surface area (Å²) in [4.78, 5) is 12.9. The summed E-state index contributed by atoms with van der Waals surface area (Å²) >= 11 is 0. The van der Waals surface area contributed by atoms with Gasteiger partial charge in [-0.1, -0.05) is 24.6 Å². The summed E-state index contributed by atoms with van der Waals surface area (Å²) in [5.74, 6) is 0. The quantitative estimate of drug-likeness (QED) is 0.572. The molecule has 0 aliphatic heterocycles. The highest BCUT2D eigenvalue weighted by Gasteiger charge is 2.06. The summed E-state index contributed by atoms with van der Waals surface area (Å²) in [7, 11) is -0.000924. The molecule has 0 aromatic heterocycles. The van der Waals surface area contributed by atoms with Crippen LogP contribution >= 0.6 is 0 Å². The van der Waals surface area contributed by atoms with Crippen molar-refractivity contribution in [3.05, 3.63) is 29.8 Å². The van der Waals surface area contributed by atoms with Gasteiger partial charge in [-0.2, -0.15) is 8.42 Å². The van der Waals surface area contributed by atoms with Crippen molar-refractivity contribution in [2.75, 3.05) is 33.8 Å². The Morgan fingerprint density at radius 1 is 1.25 bits per heavy atom. The van der Waals surface area contributed by atoms with Crippen LogP contribution in [0.2, 0.25) is 0 Å². The molecule has 0 radical (unpaired) electrons. The van der Waals surface area contributed by atoms with Crippen LogP contribution < -0.4 is 5.32 Å². The van der Waals surface area contributed by atoms with Crippen LogP contribution in [0.4, 0.5) is 4.79 Å². The molecule has 2 N–H and O–H groups in total. The predicted molar refractivity (Wildman–Crippen MR) is 93.8 cm³/mol. The monoisotopic (exact) mass is 360 g/mol. The Morgan fingerprint density at radius 2 is 1.83 bits per heavy atom. The molecule has 1 amide bonds. The van der Waals surface area contributed by atoms with Gasteiger partial charge in [0.1, 0.15) is 0 Å². The molecular formula is C16H28N2O5S. The molecule has 0 heterocycles. The molecule has 0 aliphatic carbocycles. The van der Waals surface area contributed by atoms with E-state index in [1.165, 1.54) is 12.1 Å². The zero-order valence-corrected chi connectivity index (χ0v) is 15.6. The van der Waals surface area contributed by atoms with Gasteiger partial charge in [0.15, 0.2) is 0 Å². The van der Waals surface area contributed by atoms with E-state index < -0.39 is 10.1 Å². The second-order valence-corrected chi connectivity index (χ2v) is 6.93. The topological polar surface area (TPSA) is 95.9 Å². The maximum Gasteiger partial charge on any atom is 0.407 e. The molecule has 0 spiro atoms. The van der Waals surface area contributed by atoms with Crippen LogP contribution in [0, 0.1) is 6.92 Å². The molecule has 8 heteroatoms. The fourth-order valence-corrected chi connectivity index (χ4v) is 2.02. The van der Waals surface area contributed by atoms with Crippen molar-refractivity contribution in [3.8, 4) is 0 Å². The Kier molecular flexibility index (Phi) is 11.0. The fraction of sp³-hybridized carbons (Fsp3) is 0.562. The van der Waals surface area contributed by atoms with E-state index in [0.717, 1.165) is 24.9 Å². The number of nitrogens with one attached hydrogen (secondary N) is 1. The lowest BCUT2D eigenvalue weighted by atomic mass is 10.2. The van der Waals surface area contributed by atoms with Crippen molar-refractivity contribution >= 4 is 16.2 Å². The zero-order valence-electron chi connectivity index (χ0n) is 14.8. The molecule has 0 fully saturated rings. The second kappa shape index (κ2) is 11.8. The van der Waals surface area contributed by atoms with E-state index in [2.05, 4.69) is 10.2 Å². The van der Waals surface area contributed by atoms with Crippen molar-refractivity contribution in [2.24, 2.45) is 0 Å². The summed E-state index contributed by atoms with van der Waals surface area (Å²) < 4.78 is 34.4. The number of carbonyl (C=O) groups excluding carboxylic acids is 1. The Morgan fingerprint density at radius 3 is 2.29 bits per heavy atom. The van der Waals surface area contributed by atoms with Gasteiger partial charge in [-0.05, 0) is 52.5 Å². The van der Waals surface area contributed by atoms with Gasteiger partial charge in [0.05, 0.1) is 11.5 Å². The standard InChI is InChI=1S/C9H20N2O2.C7H8O3S/c1-4-8-13-9(12)10-6-5-7-11(2)3;1-6-2-4-7(5-3-6)11(8,9)10/h4-8H2,1-3H3,(H,10,12);2-5H,1H3,(H,8,9,10). The Labute approximate surface area is 144 Å². The SMILES string of the molecule is CCCOC(=O)NCCCN(C)C.Cc1ccc(S(=O)(=O)O)cc1. The lowest BCUT2D eigenvalue weighted by Crippen LogP contribution is -2.27. The molecule has 7 nitrogen and oxygen atoms in total. The lowest BCUT2D eigenvalue weighted by Gasteiger charge is -2.09. The summed E-state index contributed by atoms with van der Waals surface area (Å²) in [5, 5.41) is 2.68. The molecule has 0 saturated heterocycles. The first-order valence-corrected chi connectivity index (χ1v) is 9.20. The number of hydrogen-bond acceptors (Lipinski definition) is 5. The third-order valence-corrected chi connectivity index (χ3v) is 3.68. The van der Waals surface area contributed by atoms with Gasteiger partial charge < -0.3 is 15.0 Å². The fourth-order valence-electron chi connectivity index (χ4n) is 1.54. The lowest BCUT2D eigenvalue weighted by molar-refractivity contribution is 0.146. The number of hydrogen-bond donors (Lipinski definition) is 2. The zero-order chi connectivity index (χ0) is 18.6. The number of ether oxygens (including phenoxy) is 1. The Hall–Kier alpha value is -1.64. The van der Waals surface area contributed by atoms with Gasteiger partial charge in [-0.25, -0.2) is 4.79 Å². The summed E-state index contributed by atoms with van der Waals surface area (Å²) in [6.07, 6.45) is 1.51. The van der Waals surface area contributed by atoms with E-state index in [1.807, 2.05) is 27.9 Å². The first-order valence-electron chi connectivity index (χ1n) is 7.76. The number of rotatable bonds is 7. The minimum atomic E-state index is -4.02. The minimum absolute atomic E-state index is 0.0666. The number of alkyl carbamates (subject to hydrolysis) is 1. The van der Waals surface area contributed by atoms with E-state index in [1.54, 1.807) is 12.1 Å². The number of nitrogens with zero attached hydrogens (tertiary/aromatic N) is 1. The van der Waals surface area contributed by atoms with Crippen LogP contribution in [0.25, 0.3) is 0 Å². The molecule has 0 aliphatic rings. The second-order valence-electron chi connectivity index (χ2n) is 5.51. The van der Waals surface area contributed by atoms with Crippen molar-refractivity contribution in [3.63, 3.8) is 0 Å². The average molecular weight is 360 g/mol. The van der Waals surface area contributed by atoms with E-state index in [4.69, 9.17) is 9.29 Å². The van der Waals surface area contributed by atoms with E-state index >= 15 is 0 Å². The highest BCUT2D eigenvalue weighted by molar-refractivity contribution is 7.85. The van der Waals surface area contributed by atoms with Crippen molar-refractivity contribution in [2.45, 2.75) is 31.6 Å². The largest absolute Gasteiger partial charge is 0.450 e. The maximum atomic E-state index is 10.9. The summed E-state index contributed by atoms with van der Waals surface area (Å²) in [6.45, 7) is 5.97. The highest BCUT2D eigenvalue weighted by atomic mass is 32.2.